The highest BCUT2D eigenvalue weighted by molar-refractivity contribution is 7.09. The summed E-state index contributed by atoms with van der Waals surface area (Å²) in [6.07, 6.45) is 0.887. The lowest BCUT2D eigenvalue weighted by molar-refractivity contribution is 0.0374. The van der Waals surface area contributed by atoms with Gasteiger partial charge in [-0.2, -0.15) is 0 Å². The Labute approximate surface area is 227 Å². The van der Waals surface area contributed by atoms with Crippen LogP contribution in [0.25, 0.3) is 0 Å². The minimum atomic E-state index is -0.266. The monoisotopic (exact) mass is 542 g/mol. The van der Waals surface area contributed by atoms with E-state index >= 15 is 0 Å². The molecule has 1 aliphatic rings. The number of morpholine rings is 1. The Bertz CT molecular complexity index is 1170. The first-order valence-electron chi connectivity index (χ1n) is 12.7. The SMILES string of the molecule is COc1ccc(CN(Cc2ccc(F)cc2)Cc2nc(C(=O)NCCCN3CCOCC3)cs2)c(OC)c1. The number of hydrogen-bond donors (Lipinski definition) is 1. The van der Waals surface area contributed by atoms with Crippen LogP contribution in [-0.2, 0) is 24.4 Å². The van der Waals surface area contributed by atoms with Crippen LogP contribution in [-0.4, -0.2) is 74.3 Å². The summed E-state index contributed by atoms with van der Waals surface area (Å²) in [5.41, 5.74) is 2.40. The Balaban J connectivity index is 1.38. The summed E-state index contributed by atoms with van der Waals surface area (Å²) in [4.78, 5) is 21.8. The van der Waals surface area contributed by atoms with E-state index in [2.05, 4.69) is 20.1 Å². The zero-order valence-corrected chi connectivity index (χ0v) is 22.8. The molecule has 0 atom stereocenters. The topological polar surface area (TPSA) is 76.2 Å². The molecule has 0 saturated carbocycles. The maximum atomic E-state index is 13.5. The third-order valence-electron chi connectivity index (χ3n) is 6.39. The number of benzene rings is 2. The number of thiazole rings is 1. The molecule has 0 unspecified atom stereocenters. The lowest BCUT2D eigenvalue weighted by atomic mass is 10.1. The highest BCUT2D eigenvalue weighted by Gasteiger charge is 2.17. The molecule has 8 nitrogen and oxygen atoms in total. The van der Waals surface area contributed by atoms with E-state index in [1.165, 1.54) is 23.5 Å². The maximum absolute atomic E-state index is 13.5. The summed E-state index contributed by atoms with van der Waals surface area (Å²) in [5.74, 6) is 1.02. The number of methoxy groups -OCH3 is 2. The molecule has 1 amide bonds. The molecule has 10 heteroatoms. The minimum Gasteiger partial charge on any atom is -0.497 e. The number of carbonyl (C=O) groups excluding carboxylic acids is 1. The summed E-state index contributed by atoms with van der Waals surface area (Å²) in [6.45, 7) is 6.68. The molecule has 0 spiro atoms. The zero-order chi connectivity index (χ0) is 26.7. The van der Waals surface area contributed by atoms with Gasteiger partial charge >= 0.3 is 0 Å². The first-order valence-corrected chi connectivity index (χ1v) is 13.6. The van der Waals surface area contributed by atoms with Gasteiger partial charge in [0.15, 0.2) is 0 Å². The molecule has 0 radical (unpaired) electrons. The van der Waals surface area contributed by atoms with Gasteiger partial charge in [0.25, 0.3) is 5.91 Å². The van der Waals surface area contributed by atoms with Crippen molar-refractivity contribution >= 4 is 17.2 Å². The summed E-state index contributed by atoms with van der Waals surface area (Å²) in [5, 5.41) is 5.62. The second-order valence-corrected chi connectivity index (χ2v) is 10.1. The molecule has 1 N–H and O–H groups in total. The van der Waals surface area contributed by atoms with Crippen LogP contribution in [0.15, 0.2) is 47.8 Å². The Kier molecular flexibility index (Phi) is 10.5. The Morgan fingerprint density at radius 2 is 1.89 bits per heavy atom. The molecule has 1 aliphatic heterocycles. The fourth-order valence-electron chi connectivity index (χ4n) is 4.34. The summed E-state index contributed by atoms with van der Waals surface area (Å²) >= 11 is 1.46. The van der Waals surface area contributed by atoms with Crippen molar-refractivity contribution in [2.75, 3.05) is 53.6 Å². The van der Waals surface area contributed by atoms with E-state index in [1.807, 2.05) is 18.2 Å². The van der Waals surface area contributed by atoms with Crippen LogP contribution in [0.1, 0.15) is 33.0 Å². The number of amides is 1. The number of hydrogen-bond acceptors (Lipinski definition) is 8. The quantitative estimate of drug-likeness (QED) is 0.328. The lowest BCUT2D eigenvalue weighted by Gasteiger charge is -2.26. The zero-order valence-electron chi connectivity index (χ0n) is 22.0. The molecule has 2 heterocycles. The van der Waals surface area contributed by atoms with Gasteiger partial charge in [-0.25, -0.2) is 9.37 Å². The fraction of sp³-hybridized carbons (Fsp3) is 0.429. The van der Waals surface area contributed by atoms with Gasteiger partial charge in [0.1, 0.15) is 28.0 Å². The Hall–Kier alpha value is -3.05. The number of nitrogens with one attached hydrogen (secondary N) is 1. The van der Waals surface area contributed by atoms with Crippen molar-refractivity contribution in [3.8, 4) is 11.5 Å². The number of nitrogens with zero attached hydrogens (tertiary/aromatic N) is 3. The number of aromatic nitrogens is 1. The molecule has 204 valence electrons. The van der Waals surface area contributed by atoms with Gasteiger partial charge in [-0.3, -0.25) is 14.6 Å². The molecule has 1 saturated heterocycles. The third kappa shape index (κ3) is 8.22. The second-order valence-electron chi connectivity index (χ2n) is 9.14. The first kappa shape index (κ1) is 28.0. The predicted octanol–water partition coefficient (Wildman–Crippen LogP) is 3.95. The molecule has 0 bridgehead atoms. The lowest BCUT2D eigenvalue weighted by Crippen LogP contribution is -2.38. The fourth-order valence-corrected chi connectivity index (χ4v) is 5.15. The van der Waals surface area contributed by atoms with Gasteiger partial charge in [0.05, 0.1) is 34.0 Å². The normalized spacial score (nSPS) is 14.0. The number of rotatable bonds is 13. The molecule has 4 rings (SSSR count). The van der Waals surface area contributed by atoms with Crippen LogP contribution in [0.2, 0.25) is 0 Å². The number of halogens is 1. The van der Waals surface area contributed by atoms with E-state index < -0.39 is 0 Å². The van der Waals surface area contributed by atoms with E-state index in [1.54, 1.807) is 31.7 Å². The number of ether oxygens (including phenoxy) is 3. The van der Waals surface area contributed by atoms with Gasteiger partial charge in [-0.1, -0.05) is 18.2 Å². The molecule has 1 aromatic heterocycles. The minimum absolute atomic E-state index is 0.156. The number of carbonyl (C=O) groups is 1. The largest absolute Gasteiger partial charge is 0.497 e. The van der Waals surface area contributed by atoms with Crippen molar-refractivity contribution < 1.29 is 23.4 Å². The molecular weight excluding hydrogens is 507 g/mol. The van der Waals surface area contributed by atoms with Crippen LogP contribution in [0.5, 0.6) is 11.5 Å². The molecule has 1 fully saturated rings. The van der Waals surface area contributed by atoms with Crippen LogP contribution >= 0.6 is 11.3 Å². The second kappa shape index (κ2) is 14.2. The maximum Gasteiger partial charge on any atom is 0.270 e. The van der Waals surface area contributed by atoms with Crippen molar-refractivity contribution in [2.24, 2.45) is 0 Å². The van der Waals surface area contributed by atoms with E-state index in [0.717, 1.165) is 66.9 Å². The highest BCUT2D eigenvalue weighted by atomic mass is 32.1. The Morgan fingerprint density at radius 1 is 1.11 bits per heavy atom. The average Bonchev–Trinajstić information content (AvgIpc) is 3.41. The van der Waals surface area contributed by atoms with Crippen LogP contribution in [0, 0.1) is 5.82 Å². The van der Waals surface area contributed by atoms with Crippen LogP contribution in [0.3, 0.4) is 0 Å². The van der Waals surface area contributed by atoms with Crippen molar-refractivity contribution in [1.82, 2.24) is 20.1 Å². The summed E-state index contributed by atoms with van der Waals surface area (Å²) < 4.78 is 29.8. The van der Waals surface area contributed by atoms with Crippen LogP contribution < -0.4 is 14.8 Å². The van der Waals surface area contributed by atoms with Crippen molar-refractivity contribution in [2.45, 2.75) is 26.1 Å². The van der Waals surface area contributed by atoms with Gasteiger partial charge in [-0.15, -0.1) is 11.3 Å². The molecular formula is C28H35FN4O4S. The van der Waals surface area contributed by atoms with E-state index in [-0.39, 0.29) is 11.7 Å². The van der Waals surface area contributed by atoms with Crippen molar-refractivity contribution in [1.29, 1.82) is 0 Å². The van der Waals surface area contributed by atoms with Gasteiger partial charge < -0.3 is 19.5 Å². The smallest absolute Gasteiger partial charge is 0.270 e. The van der Waals surface area contributed by atoms with Crippen molar-refractivity contribution in [3.05, 3.63) is 75.5 Å². The first-order chi connectivity index (χ1) is 18.5. The Morgan fingerprint density at radius 3 is 2.63 bits per heavy atom. The predicted molar refractivity (Wildman–Crippen MR) is 145 cm³/mol. The molecule has 0 aliphatic carbocycles. The van der Waals surface area contributed by atoms with Crippen molar-refractivity contribution in [3.63, 3.8) is 0 Å². The summed E-state index contributed by atoms with van der Waals surface area (Å²) in [7, 11) is 3.25. The summed E-state index contributed by atoms with van der Waals surface area (Å²) in [6, 6.07) is 12.2. The highest BCUT2D eigenvalue weighted by Crippen LogP contribution is 2.27. The van der Waals surface area contributed by atoms with E-state index in [4.69, 9.17) is 14.2 Å². The van der Waals surface area contributed by atoms with Gasteiger partial charge in [0.2, 0.25) is 0 Å². The standard InChI is InChI=1S/C28H35FN4O4S/c1-35-24-9-6-22(26(16-24)36-2)18-33(17-21-4-7-23(29)8-5-21)19-27-31-25(20-38-27)28(34)30-10-3-11-32-12-14-37-15-13-32/h4-9,16,20H,3,10-15,17-19H2,1-2H3,(H,30,34). The van der Waals surface area contributed by atoms with Gasteiger partial charge in [-0.05, 0) is 36.7 Å². The average molecular weight is 543 g/mol. The van der Waals surface area contributed by atoms with Crippen LogP contribution in [0.4, 0.5) is 4.39 Å². The third-order valence-corrected chi connectivity index (χ3v) is 7.22. The van der Waals surface area contributed by atoms with E-state index in [9.17, 15) is 9.18 Å². The van der Waals surface area contributed by atoms with E-state index in [0.29, 0.717) is 31.9 Å². The van der Waals surface area contributed by atoms with Gasteiger partial charge in [0, 0.05) is 49.7 Å². The molecule has 2 aromatic carbocycles. The molecule has 38 heavy (non-hydrogen) atoms. The molecule has 3 aromatic rings.